The summed E-state index contributed by atoms with van der Waals surface area (Å²) in [5.41, 5.74) is 3.55. The molecule has 3 rings (SSSR count). The molecule has 0 spiro atoms. The van der Waals surface area contributed by atoms with Gasteiger partial charge in [-0.3, -0.25) is 0 Å². The molecule has 0 bridgehead atoms. The lowest BCUT2D eigenvalue weighted by Crippen LogP contribution is -2.38. The molecule has 0 aliphatic carbocycles. The first-order valence-corrected chi connectivity index (χ1v) is 9.49. The molecule has 2 N–H and O–H groups in total. The molecule has 0 saturated heterocycles. The second-order valence-electron chi connectivity index (χ2n) is 7.93. The third-order valence-corrected chi connectivity index (χ3v) is 4.43. The van der Waals surface area contributed by atoms with Gasteiger partial charge in [-0.05, 0) is 56.0 Å². The van der Waals surface area contributed by atoms with Crippen LogP contribution in [0.1, 0.15) is 37.5 Å². The Labute approximate surface area is 165 Å². The number of benzene rings is 2. The van der Waals surface area contributed by atoms with Crippen molar-refractivity contribution in [2.24, 2.45) is 0 Å². The number of hydrogen-bond donors (Lipinski definition) is 2. The Morgan fingerprint density at radius 2 is 1.82 bits per heavy atom. The summed E-state index contributed by atoms with van der Waals surface area (Å²) in [6.07, 6.45) is 0.401. The number of ether oxygens (including phenoxy) is 1. The monoisotopic (exact) mass is 381 g/mol. The fraction of sp³-hybridized carbons (Fsp3) is 0.364. The summed E-state index contributed by atoms with van der Waals surface area (Å²) in [4.78, 5) is 26.2. The number of nitrogens with one attached hydrogen (secondary N) is 2. The van der Waals surface area contributed by atoms with Gasteiger partial charge in [0.2, 0.25) is 0 Å². The molecule has 0 radical (unpaired) electrons. The number of carbonyl (C=O) groups excluding carboxylic acids is 2. The van der Waals surface area contributed by atoms with Crippen molar-refractivity contribution in [3.05, 3.63) is 65.2 Å². The number of rotatable bonds is 3. The van der Waals surface area contributed by atoms with Crippen LogP contribution in [0, 0.1) is 0 Å². The summed E-state index contributed by atoms with van der Waals surface area (Å²) in [6, 6.07) is 15.5. The molecular weight excluding hydrogens is 354 g/mol. The highest BCUT2D eigenvalue weighted by atomic mass is 16.6. The molecule has 3 amide bonds. The Hall–Kier alpha value is -3.02. The van der Waals surface area contributed by atoms with E-state index >= 15 is 0 Å². The third kappa shape index (κ3) is 5.49. The quantitative estimate of drug-likeness (QED) is 0.833. The minimum Gasteiger partial charge on any atom is -0.444 e. The standard InChI is InChI=1S/C22H27N3O3/c1-22(2,3)28-21(27)23-14-16-7-6-10-19(13-16)24-20(26)25-12-11-17-8-4-5-9-18(17)15-25/h4-10,13H,11-12,14-15H2,1-3H3,(H,23,27)(H,24,26). The predicted octanol–water partition coefficient (Wildman–Crippen LogP) is 4.30. The Morgan fingerprint density at radius 3 is 2.57 bits per heavy atom. The summed E-state index contributed by atoms with van der Waals surface area (Å²) in [5, 5.41) is 5.68. The summed E-state index contributed by atoms with van der Waals surface area (Å²) in [7, 11) is 0. The topological polar surface area (TPSA) is 70.7 Å². The molecule has 1 aliphatic heterocycles. The van der Waals surface area contributed by atoms with E-state index < -0.39 is 11.7 Å². The Balaban J connectivity index is 1.56. The average molecular weight is 381 g/mol. The molecule has 1 aliphatic rings. The van der Waals surface area contributed by atoms with Crippen LogP contribution in [-0.2, 0) is 24.2 Å². The van der Waals surface area contributed by atoms with Gasteiger partial charge in [-0.2, -0.15) is 0 Å². The lowest BCUT2D eigenvalue weighted by molar-refractivity contribution is 0.0523. The number of alkyl carbamates (subject to hydrolysis) is 1. The molecule has 2 aromatic carbocycles. The van der Waals surface area contributed by atoms with E-state index in [4.69, 9.17) is 4.74 Å². The fourth-order valence-electron chi connectivity index (χ4n) is 3.12. The molecule has 0 unspecified atom stereocenters. The van der Waals surface area contributed by atoms with Crippen molar-refractivity contribution in [2.45, 2.75) is 45.9 Å². The van der Waals surface area contributed by atoms with Gasteiger partial charge in [-0.25, -0.2) is 9.59 Å². The van der Waals surface area contributed by atoms with Crippen molar-refractivity contribution in [2.75, 3.05) is 11.9 Å². The molecule has 6 heteroatoms. The molecule has 148 valence electrons. The van der Waals surface area contributed by atoms with Gasteiger partial charge in [-0.1, -0.05) is 36.4 Å². The molecule has 0 saturated carbocycles. The Kier molecular flexibility index (Phi) is 5.87. The maximum atomic E-state index is 12.6. The highest BCUT2D eigenvalue weighted by Crippen LogP contribution is 2.20. The third-order valence-electron chi connectivity index (χ3n) is 4.43. The van der Waals surface area contributed by atoms with Crippen molar-refractivity contribution in [1.82, 2.24) is 10.2 Å². The van der Waals surface area contributed by atoms with Gasteiger partial charge in [0, 0.05) is 25.3 Å². The molecule has 0 aromatic heterocycles. The van der Waals surface area contributed by atoms with Gasteiger partial charge in [0.15, 0.2) is 0 Å². The van der Waals surface area contributed by atoms with Crippen LogP contribution in [0.5, 0.6) is 0 Å². The molecule has 6 nitrogen and oxygen atoms in total. The largest absolute Gasteiger partial charge is 0.444 e. The highest BCUT2D eigenvalue weighted by Gasteiger charge is 2.20. The summed E-state index contributed by atoms with van der Waals surface area (Å²) in [6.45, 7) is 7.10. The van der Waals surface area contributed by atoms with Crippen LogP contribution in [0.15, 0.2) is 48.5 Å². The zero-order valence-electron chi connectivity index (χ0n) is 16.6. The SMILES string of the molecule is CC(C)(C)OC(=O)NCc1cccc(NC(=O)N2CCc3ccccc3C2)c1. The van der Waals surface area contributed by atoms with E-state index in [2.05, 4.69) is 22.8 Å². The van der Waals surface area contributed by atoms with E-state index in [9.17, 15) is 9.59 Å². The maximum Gasteiger partial charge on any atom is 0.407 e. The van der Waals surface area contributed by atoms with Crippen LogP contribution in [0.2, 0.25) is 0 Å². The van der Waals surface area contributed by atoms with Crippen molar-refractivity contribution in [3.63, 3.8) is 0 Å². The highest BCUT2D eigenvalue weighted by molar-refractivity contribution is 5.89. The Morgan fingerprint density at radius 1 is 1.07 bits per heavy atom. The zero-order valence-corrected chi connectivity index (χ0v) is 16.6. The number of urea groups is 1. The van der Waals surface area contributed by atoms with Gasteiger partial charge in [0.25, 0.3) is 0 Å². The van der Waals surface area contributed by atoms with E-state index in [0.717, 1.165) is 12.0 Å². The van der Waals surface area contributed by atoms with Crippen molar-refractivity contribution in [3.8, 4) is 0 Å². The van der Waals surface area contributed by atoms with Crippen LogP contribution < -0.4 is 10.6 Å². The summed E-state index contributed by atoms with van der Waals surface area (Å²) in [5.74, 6) is 0. The number of nitrogens with zero attached hydrogens (tertiary/aromatic N) is 1. The average Bonchev–Trinajstić information content (AvgIpc) is 2.65. The van der Waals surface area contributed by atoms with Crippen LogP contribution >= 0.6 is 0 Å². The number of fused-ring (bicyclic) bond motifs is 1. The second kappa shape index (κ2) is 8.33. The minimum atomic E-state index is -0.535. The Bertz CT molecular complexity index is 858. The van der Waals surface area contributed by atoms with Crippen LogP contribution in [0.3, 0.4) is 0 Å². The molecule has 2 aromatic rings. The number of hydrogen-bond acceptors (Lipinski definition) is 3. The molecule has 1 heterocycles. The van der Waals surface area contributed by atoms with Crippen molar-refractivity contribution < 1.29 is 14.3 Å². The van der Waals surface area contributed by atoms with Gasteiger partial charge in [0.1, 0.15) is 5.60 Å². The normalized spacial score (nSPS) is 13.5. The first-order chi connectivity index (χ1) is 13.3. The first kappa shape index (κ1) is 19.7. The predicted molar refractivity (Wildman–Crippen MR) is 109 cm³/mol. The zero-order chi connectivity index (χ0) is 20.1. The minimum absolute atomic E-state index is 0.119. The van der Waals surface area contributed by atoms with Gasteiger partial charge in [-0.15, -0.1) is 0 Å². The van der Waals surface area contributed by atoms with Crippen molar-refractivity contribution >= 4 is 17.8 Å². The number of carbonyl (C=O) groups is 2. The fourth-order valence-corrected chi connectivity index (χ4v) is 3.12. The van der Waals surface area contributed by atoms with Gasteiger partial charge in [0.05, 0.1) is 0 Å². The van der Waals surface area contributed by atoms with E-state index in [1.165, 1.54) is 11.1 Å². The first-order valence-electron chi connectivity index (χ1n) is 9.49. The van der Waals surface area contributed by atoms with Gasteiger partial charge >= 0.3 is 12.1 Å². The molecular formula is C22H27N3O3. The van der Waals surface area contributed by atoms with Crippen molar-refractivity contribution in [1.29, 1.82) is 0 Å². The maximum absolute atomic E-state index is 12.6. The van der Waals surface area contributed by atoms with E-state index in [-0.39, 0.29) is 6.03 Å². The smallest absolute Gasteiger partial charge is 0.407 e. The molecule has 0 atom stereocenters. The van der Waals surface area contributed by atoms with Crippen LogP contribution in [0.4, 0.5) is 15.3 Å². The number of anilines is 1. The van der Waals surface area contributed by atoms with Crippen LogP contribution in [-0.4, -0.2) is 29.2 Å². The number of amides is 3. The lowest BCUT2D eigenvalue weighted by Gasteiger charge is -2.29. The van der Waals surface area contributed by atoms with Crippen LogP contribution in [0.25, 0.3) is 0 Å². The van der Waals surface area contributed by atoms with Gasteiger partial charge < -0.3 is 20.3 Å². The van der Waals surface area contributed by atoms with E-state index in [0.29, 0.717) is 25.3 Å². The van der Waals surface area contributed by atoms with E-state index in [1.807, 2.05) is 62.1 Å². The van der Waals surface area contributed by atoms with E-state index in [1.54, 1.807) is 0 Å². The molecule has 0 fully saturated rings. The second-order valence-corrected chi connectivity index (χ2v) is 7.93. The summed E-state index contributed by atoms with van der Waals surface area (Å²) < 4.78 is 5.24. The molecule has 28 heavy (non-hydrogen) atoms. The summed E-state index contributed by atoms with van der Waals surface area (Å²) >= 11 is 0. The lowest BCUT2D eigenvalue weighted by atomic mass is 10.0.